The monoisotopic (exact) mass is 732 g/mol. The predicted molar refractivity (Wildman–Crippen MR) is 234 cm³/mol. The van der Waals surface area contributed by atoms with Gasteiger partial charge in [-0.1, -0.05) is 128 Å². The van der Waals surface area contributed by atoms with E-state index in [4.69, 9.17) is 0 Å². The first-order chi connectivity index (χ1) is 26.6. The van der Waals surface area contributed by atoms with Gasteiger partial charge in [-0.25, -0.2) is 0 Å². The topological polar surface area (TPSA) is 15.3 Å². The predicted octanol–water partition coefficient (Wildman–Crippen LogP) is 13.8. The Labute approximate surface area is 326 Å². The van der Waals surface area contributed by atoms with Gasteiger partial charge in [-0.15, -0.1) is 23.1 Å². The molecule has 1 aromatic heterocycles. The molecule has 4 heteroatoms. The number of thioether (sulfide) groups is 1. The number of para-hydroxylation sites is 2. The lowest BCUT2D eigenvalue weighted by atomic mass is 9.76. The van der Waals surface area contributed by atoms with Gasteiger partial charge in [0.1, 0.15) is 0 Å². The third-order valence-corrected chi connectivity index (χ3v) is 13.8. The Balaban J connectivity index is 0.914. The lowest BCUT2D eigenvalue weighted by molar-refractivity contribution is 0.538. The molecule has 2 nitrogen and oxygen atoms in total. The Bertz CT molecular complexity index is 2550. The molecule has 54 heavy (non-hydrogen) atoms. The van der Waals surface area contributed by atoms with Crippen LogP contribution in [0.15, 0.2) is 169 Å². The summed E-state index contributed by atoms with van der Waals surface area (Å²) >= 11 is 3.89. The molecule has 0 spiro atoms. The summed E-state index contributed by atoms with van der Waals surface area (Å²) in [6, 6.07) is 44.3. The molecule has 10 rings (SSSR count). The van der Waals surface area contributed by atoms with Crippen LogP contribution in [0.2, 0.25) is 0 Å². The fraction of sp³-hybridized carbons (Fsp3) is 0.120. The number of anilines is 4. The summed E-state index contributed by atoms with van der Waals surface area (Å²) in [6.07, 6.45) is 18.0. The van der Waals surface area contributed by atoms with E-state index in [1.165, 1.54) is 70.5 Å². The van der Waals surface area contributed by atoms with Crippen molar-refractivity contribution >= 4 is 63.1 Å². The van der Waals surface area contributed by atoms with Gasteiger partial charge in [-0.3, -0.25) is 0 Å². The van der Waals surface area contributed by atoms with Crippen LogP contribution in [0.25, 0.3) is 28.3 Å². The molecule has 0 saturated carbocycles. The highest BCUT2D eigenvalue weighted by molar-refractivity contribution is 7.99. The van der Waals surface area contributed by atoms with Crippen molar-refractivity contribution in [3.05, 3.63) is 202 Å². The van der Waals surface area contributed by atoms with Crippen LogP contribution in [0, 0.1) is 0 Å². The smallest absolute Gasteiger partial charge is 0.0726 e. The Kier molecular flexibility index (Phi) is 8.19. The summed E-state index contributed by atoms with van der Waals surface area (Å²) in [6.45, 7) is 6.76. The second kappa shape index (κ2) is 13.4. The molecule has 2 aliphatic heterocycles. The molecule has 3 heterocycles. The third kappa shape index (κ3) is 5.47. The molecule has 1 N–H and O–H groups in total. The van der Waals surface area contributed by atoms with E-state index in [2.05, 4.69) is 188 Å². The minimum absolute atomic E-state index is 0.178. The molecular formula is C50H40N2S2. The maximum Gasteiger partial charge on any atom is 0.0726 e. The van der Waals surface area contributed by atoms with E-state index in [9.17, 15) is 0 Å². The van der Waals surface area contributed by atoms with Crippen molar-refractivity contribution in [1.82, 2.24) is 0 Å². The molecular weight excluding hydrogens is 693 g/mol. The van der Waals surface area contributed by atoms with Gasteiger partial charge in [0, 0.05) is 49.1 Å². The largest absolute Gasteiger partial charge is 0.356 e. The van der Waals surface area contributed by atoms with Gasteiger partial charge in [0.15, 0.2) is 0 Å². The van der Waals surface area contributed by atoms with E-state index in [1.807, 2.05) is 23.1 Å². The SMILES string of the molecule is C=C1/C=C\C=C/CSc2c1cccc2-c1ccc(Nc2ccc(C3=CCCc4c3sc3c4C=CC4(C)C3c3ccccc3N4c3ccccc3)cc2)cc1. The molecule has 5 aromatic carbocycles. The van der Waals surface area contributed by atoms with Crippen LogP contribution in [-0.4, -0.2) is 11.3 Å². The standard InChI is InChI=1S/C50H40N2S2/c1-33-13-5-4-10-32-53-47-39(33)17-11-18-40(47)34-22-26-36(27-23-34)51-37-28-24-35(25-29-37)41-19-12-20-42-43-30-31-50(2)46(49(43)54-48(41)42)44-16-8-9-21-45(44)52(50)38-14-6-3-7-15-38/h3-11,13-19,21-31,46,51H,1,12,20,32H2,2H3/b10-4-,13-5-. The van der Waals surface area contributed by atoms with Crippen molar-refractivity contribution in [3.63, 3.8) is 0 Å². The Morgan fingerprint density at radius 2 is 1.50 bits per heavy atom. The highest BCUT2D eigenvalue weighted by atomic mass is 32.2. The van der Waals surface area contributed by atoms with E-state index < -0.39 is 0 Å². The Morgan fingerprint density at radius 1 is 0.759 bits per heavy atom. The summed E-state index contributed by atoms with van der Waals surface area (Å²) in [5, 5.41) is 3.66. The second-order valence-electron chi connectivity index (χ2n) is 14.7. The molecule has 2 aliphatic carbocycles. The molecule has 0 fully saturated rings. The second-order valence-corrected chi connectivity index (χ2v) is 16.7. The molecule has 0 radical (unpaired) electrons. The Morgan fingerprint density at radius 3 is 2.31 bits per heavy atom. The first-order valence-corrected chi connectivity index (χ1v) is 20.6. The zero-order valence-electron chi connectivity index (χ0n) is 30.3. The van der Waals surface area contributed by atoms with Gasteiger partial charge in [0.25, 0.3) is 0 Å². The van der Waals surface area contributed by atoms with Crippen LogP contribution in [-0.2, 0) is 6.42 Å². The van der Waals surface area contributed by atoms with E-state index in [0.717, 1.165) is 35.5 Å². The number of hydrogen-bond donors (Lipinski definition) is 1. The van der Waals surface area contributed by atoms with Crippen LogP contribution >= 0.6 is 23.1 Å². The van der Waals surface area contributed by atoms with E-state index in [-0.39, 0.29) is 11.5 Å². The molecule has 4 aliphatic rings. The van der Waals surface area contributed by atoms with Crippen molar-refractivity contribution in [1.29, 1.82) is 0 Å². The number of nitrogens with zero attached hydrogens (tertiary/aromatic N) is 1. The van der Waals surface area contributed by atoms with Gasteiger partial charge in [0.2, 0.25) is 0 Å². The maximum atomic E-state index is 4.34. The minimum atomic E-state index is -0.178. The first-order valence-electron chi connectivity index (χ1n) is 18.8. The number of thiophene rings is 1. The number of fused-ring (bicyclic) bond motifs is 8. The summed E-state index contributed by atoms with van der Waals surface area (Å²) < 4.78 is 0. The van der Waals surface area contributed by atoms with E-state index in [0.29, 0.717) is 0 Å². The lowest BCUT2D eigenvalue weighted by Crippen LogP contribution is -2.43. The fourth-order valence-electron chi connectivity index (χ4n) is 8.86. The fourth-order valence-corrected chi connectivity index (χ4v) is 11.6. The van der Waals surface area contributed by atoms with Crippen molar-refractivity contribution in [2.75, 3.05) is 16.0 Å². The third-order valence-electron chi connectivity index (χ3n) is 11.4. The highest BCUT2D eigenvalue weighted by Gasteiger charge is 2.51. The van der Waals surface area contributed by atoms with Crippen molar-refractivity contribution in [2.45, 2.75) is 36.1 Å². The number of benzene rings is 5. The maximum absolute atomic E-state index is 4.34. The van der Waals surface area contributed by atoms with Crippen molar-refractivity contribution in [2.24, 2.45) is 0 Å². The average molecular weight is 733 g/mol. The molecule has 6 aromatic rings. The van der Waals surface area contributed by atoms with Crippen LogP contribution in [0.3, 0.4) is 0 Å². The molecule has 0 bridgehead atoms. The number of rotatable bonds is 5. The summed E-state index contributed by atoms with van der Waals surface area (Å²) in [5.74, 6) is 1.21. The molecule has 2 unspecified atom stereocenters. The van der Waals surface area contributed by atoms with E-state index in [1.54, 1.807) is 0 Å². The zero-order chi connectivity index (χ0) is 36.2. The molecule has 0 amide bonds. The first kappa shape index (κ1) is 33.1. The number of nitrogens with one attached hydrogen (secondary N) is 1. The Hall–Kier alpha value is -5.55. The molecule has 0 saturated heterocycles. The van der Waals surface area contributed by atoms with Gasteiger partial charge in [-0.2, -0.15) is 0 Å². The van der Waals surface area contributed by atoms with Crippen LogP contribution in [0.4, 0.5) is 22.7 Å². The van der Waals surface area contributed by atoms with Gasteiger partial charge in [-0.05, 0) is 112 Å². The lowest BCUT2D eigenvalue weighted by Gasteiger charge is -2.40. The molecule has 262 valence electrons. The van der Waals surface area contributed by atoms with Gasteiger partial charge in [0.05, 0.1) is 5.54 Å². The zero-order valence-corrected chi connectivity index (χ0v) is 31.9. The van der Waals surface area contributed by atoms with Crippen molar-refractivity contribution < 1.29 is 0 Å². The summed E-state index contributed by atoms with van der Waals surface area (Å²) in [5.41, 5.74) is 16.3. The number of hydrogen-bond acceptors (Lipinski definition) is 4. The van der Waals surface area contributed by atoms with Crippen molar-refractivity contribution in [3.8, 4) is 11.1 Å². The van der Waals surface area contributed by atoms with Crippen LogP contribution < -0.4 is 10.2 Å². The average Bonchev–Trinajstić information content (AvgIpc) is 3.74. The molecule has 2 atom stereocenters. The summed E-state index contributed by atoms with van der Waals surface area (Å²) in [7, 11) is 0. The van der Waals surface area contributed by atoms with Gasteiger partial charge >= 0.3 is 0 Å². The normalized spacial score (nSPS) is 20.6. The van der Waals surface area contributed by atoms with E-state index >= 15 is 0 Å². The van der Waals surface area contributed by atoms with Crippen LogP contribution in [0.5, 0.6) is 0 Å². The number of allylic oxidation sites excluding steroid dienone is 5. The highest BCUT2D eigenvalue weighted by Crippen LogP contribution is 2.60. The quantitative estimate of drug-likeness (QED) is 0.190. The van der Waals surface area contributed by atoms with Crippen LogP contribution in [0.1, 0.15) is 56.8 Å². The minimum Gasteiger partial charge on any atom is -0.356 e. The summed E-state index contributed by atoms with van der Waals surface area (Å²) in [4.78, 5) is 6.78. The van der Waals surface area contributed by atoms with Gasteiger partial charge < -0.3 is 10.2 Å².